The second-order valence-corrected chi connectivity index (χ2v) is 15.5. The third-order valence-electron chi connectivity index (χ3n) is 10.8. The Hall–Kier alpha value is -0.720. The standard InChI is InChI=1S/C43H78O18/c1-44-43-42(60-33-26-48-23-30-57-39-13-5-9-17-53-39)41(59-32-25-47-22-29-56-38-12-4-8-16-52-38)40(58-31-24-46-21-28-55-37-11-3-7-15-51-37)35(61-43)34-49-19-18-45-20-27-54-36-10-2-6-14-50-36/h35-43H,2-34H2,1H3/t35-,36?,37?,38?,39?,40-,41+,42-,43+/m1/s1. The van der Waals surface area contributed by atoms with E-state index in [0.29, 0.717) is 85.9 Å². The quantitative estimate of drug-likeness (QED) is 0.0857. The van der Waals surface area contributed by atoms with Gasteiger partial charge in [-0.05, 0) is 77.0 Å². The maximum Gasteiger partial charge on any atom is 0.186 e. The third-order valence-corrected chi connectivity index (χ3v) is 10.8. The molecular weight excluding hydrogens is 804 g/mol. The largest absolute Gasteiger partial charge is 0.377 e. The number of methoxy groups -OCH3 is 1. The van der Waals surface area contributed by atoms with Gasteiger partial charge >= 0.3 is 0 Å². The first-order valence-corrected chi connectivity index (χ1v) is 23.1. The van der Waals surface area contributed by atoms with Gasteiger partial charge in [-0.1, -0.05) is 0 Å². The van der Waals surface area contributed by atoms with Crippen LogP contribution in [0.15, 0.2) is 0 Å². The average Bonchev–Trinajstić information content (AvgIpc) is 3.31. The van der Waals surface area contributed by atoms with Crippen LogP contribution in [0.5, 0.6) is 0 Å². The van der Waals surface area contributed by atoms with E-state index in [0.717, 1.165) is 103 Å². The Morgan fingerprint density at radius 1 is 0.344 bits per heavy atom. The molecule has 5 rings (SSSR count). The molecule has 5 fully saturated rings. The summed E-state index contributed by atoms with van der Waals surface area (Å²) in [6.07, 6.45) is 8.55. The van der Waals surface area contributed by atoms with Crippen LogP contribution in [0.2, 0.25) is 0 Å². The fraction of sp³-hybridized carbons (Fsp3) is 1.00. The van der Waals surface area contributed by atoms with E-state index in [1.165, 1.54) is 0 Å². The molecule has 0 aromatic rings. The zero-order valence-corrected chi connectivity index (χ0v) is 36.9. The molecule has 5 aliphatic rings. The van der Waals surface area contributed by atoms with E-state index in [2.05, 4.69) is 0 Å². The zero-order chi connectivity index (χ0) is 42.3. The van der Waals surface area contributed by atoms with Crippen LogP contribution in [-0.4, -0.2) is 202 Å². The summed E-state index contributed by atoms with van der Waals surface area (Å²) < 4.78 is 107. The summed E-state index contributed by atoms with van der Waals surface area (Å²) in [6, 6.07) is 0. The van der Waals surface area contributed by atoms with Crippen molar-refractivity contribution in [3.8, 4) is 0 Å². The SMILES string of the molecule is CO[C@H]1O[C@H](COCCOCCOC2CCCCO2)[C@@H](OCCOCCOC2CCCCO2)[C@H](OCCOCCOC2CCCCO2)[C@H]1OCCOCCOC1CCCCO1. The highest BCUT2D eigenvalue weighted by molar-refractivity contribution is 4.93. The lowest BCUT2D eigenvalue weighted by Gasteiger charge is -2.45. The van der Waals surface area contributed by atoms with Crippen molar-refractivity contribution in [2.45, 2.75) is 133 Å². The van der Waals surface area contributed by atoms with Crippen molar-refractivity contribution in [1.82, 2.24) is 0 Å². The summed E-state index contributed by atoms with van der Waals surface area (Å²) in [7, 11) is 1.58. The van der Waals surface area contributed by atoms with E-state index in [-0.39, 0.29) is 51.6 Å². The first kappa shape index (κ1) is 51.3. The minimum atomic E-state index is -0.777. The topological polar surface area (TPSA) is 166 Å². The maximum absolute atomic E-state index is 6.56. The molecule has 0 saturated carbocycles. The lowest BCUT2D eigenvalue weighted by Crippen LogP contribution is -2.62. The van der Waals surface area contributed by atoms with E-state index in [4.69, 9.17) is 85.3 Å². The fourth-order valence-corrected chi connectivity index (χ4v) is 7.55. The summed E-state index contributed by atoms with van der Waals surface area (Å²) in [4.78, 5) is 0. The van der Waals surface area contributed by atoms with Gasteiger partial charge in [0.1, 0.15) is 24.4 Å². The van der Waals surface area contributed by atoms with Crippen LogP contribution in [-0.2, 0) is 85.3 Å². The Labute approximate surface area is 363 Å². The summed E-state index contributed by atoms with van der Waals surface area (Å²) >= 11 is 0. The Balaban J connectivity index is 1.10. The Kier molecular flexibility index (Phi) is 28.3. The summed E-state index contributed by atoms with van der Waals surface area (Å²) in [5, 5.41) is 0. The van der Waals surface area contributed by atoms with Crippen molar-refractivity contribution in [3.05, 3.63) is 0 Å². The van der Waals surface area contributed by atoms with Crippen LogP contribution in [0, 0.1) is 0 Å². The number of ether oxygens (including phenoxy) is 18. The smallest absolute Gasteiger partial charge is 0.186 e. The van der Waals surface area contributed by atoms with E-state index in [1.807, 2.05) is 0 Å². The first-order valence-electron chi connectivity index (χ1n) is 23.1. The molecule has 5 saturated heterocycles. The first-order chi connectivity index (χ1) is 30.3. The van der Waals surface area contributed by atoms with Crippen molar-refractivity contribution >= 4 is 0 Å². The number of hydrogen-bond donors (Lipinski definition) is 0. The molecule has 0 amide bonds. The van der Waals surface area contributed by atoms with Gasteiger partial charge in [-0.15, -0.1) is 0 Å². The molecule has 0 aliphatic carbocycles. The second-order valence-electron chi connectivity index (χ2n) is 15.5. The average molecular weight is 883 g/mol. The molecule has 61 heavy (non-hydrogen) atoms. The fourth-order valence-electron chi connectivity index (χ4n) is 7.55. The van der Waals surface area contributed by atoms with Gasteiger partial charge in [-0.2, -0.15) is 0 Å². The van der Waals surface area contributed by atoms with Gasteiger partial charge < -0.3 is 85.3 Å². The molecule has 0 radical (unpaired) electrons. The molecule has 0 N–H and O–H groups in total. The van der Waals surface area contributed by atoms with Crippen LogP contribution in [0.25, 0.3) is 0 Å². The molecule has 18 nitrogen and oxygen atoms in total. The van der Waals surface area contributed by atoms with Crippen LogP contribution >= 0.6 is 0 Å². The number of hydrogen-bond acceptors (Lipinski definition) is 18. The monoisotopic (exact) mass is 883 g/mol. The van der Waals surface area contributed by atoms with Crippen molar-refractivity contribution in [2.24, 2.45) is 0 Å². The highest BCUT2D eigenvalue weighted by Gasteiger charge is 2.48. The van der Waals surface area contributed by atoms with E-state index < -0.39 is 30.7 Å². The van der Waals surface area contributed by atoms with E-state index in [1.54, 1.807) is 7.11 Å². The van der Waals surface area contributed by atoms with Gasteiger partial charge in [0.2, 0.25) is 0 Å². The summed E-state index contributed by atoms with van der Waals surface area (Å²) in [6.45, 7) is 9.17. The Morgan fingerprint density at radius 2 is 0.672 bits per heavy atom. The van der Waals surface area contributed by atoms with Crippen molar-refractivity contribution in [3.63, 3.8) is 0 Å². The molecule has 4 unspecified atom stereocenters. The van der Waals surface area contributed by atoms with Gasteiger partial charge in [-0.3, -0.25) is 0 Å². The lowest BCUT2D eigenvalue weighted by molar-refractivity contribution is -0.320. The van der Waals surface area contributed by atoms with E-state index in [9.17, 15) is 0 Å². The third kappa shape index (κ3) is 21.9. The zero-order valence-electron chi connectivity index (χ0n) is 36.9. The normalized spacial score (nSPS) is 30.1. The maximum atomic E-state index is 6.56. The lowest BCUT2D eigenvalue weighted by atomic mass is 9.98. The predicted octanol–water partition coefficient (Wildman–Crippen LogP) is 3.77. The predicted molar refractivity (Wildman–Crippen MR) is 217 cm³/mol. The molecule has 0 bridgehead atoms. The van der Waals surface area contributed by atoms with Crippen LogP contribution < -0.4 is 0 Å². The second kappa shape index (κ2) is 33.7. The van der Waals surface area contributed by atoms with Gasteiger partial charge in [-0.25, -0.2) is 0 Å². The summed E-state index contributed by atoms with van der Waals surface area (Å²) in [5.41, 5.74) is 0. The highest BCUT2D eigenvalue weighted by Crippen LogP contribution is 2.29. The minimum Gasteiger partial charge on any atom is -0.377 e. The van der Waals surface area contributed by atoms with Crippen molar-refractivity contribution in [1.29, 1.82) is 0 Å². The van der Waals surface area contributed by atoms with Gasteiger partial charge in [0.25, 0.3) is 0 Å². The molecule has 9 atom stereocenters. The number of rotatable bonds is 34. The highest BCUT2D eigenvalue weighted by atomic mass is 16.7. The molecule has 0 aromatic heterocycles. The van der Waals surface area contributed by atoms with Gasteiger partial charge in [0.15, 0.2) is 31.5 Å². The molecule has 5 heterocycles. The van der Waals surface area contributed by atoms with Crippen molar-refractivity contribution < 1.29 is 85.3 Å². The van der Waals surface area contributed by atoms with Crippen LogP contribution in [0.3, 0.4) is 0 Å². The van der Waals surface area contributed by atoms with Gasteiger partial charge in [0.05, 0.1) is 112 Å². The van der Waals surface area contributed by atoms with E-state index >= 15 is 0 Å². The van der Waals surface area contributed by atoms with Gasteiger partial charge in [0, 0.05) is 33.5 Å². The molecular formula is C43H78O18. The van der Waals surface area contributed by atoms with Crippen molar-refractivity contribution in [2.75, 3.05) is 146 Å². The Morgan fingerprint density at radius 3 is 1.03 bits per heavy atom. The molecule has 358 valence electrons. The Bertz CT molecular complexity index is 1010. The molecule has 0 aromatic carbocycles. The molecule has 0 spiro atoms. The minimum absolute atomic E-state index is 0.142. The molecule has 5 aliphatic heterocycles. The summed E-state index contributed by atoms with van der Waals surface area (Å²) in [5.74, 6) is 0. The molecule has 18 heteroatoms. The van der Waals surface area contributed by atoms with Crippen LogP contribution in [0.4, 0.5) is 0 Å². The van der Waals surface area contributed by atoms with Crippen LogP contribution in [0.1, 0.15) is 77.0 Å².